The molecule has 23 heavy (non-hydrogen) atoms. The monoisotopic (exact) mass is 341 g/mol. The maximum atomic E-state index is 11.8. The van der Waals surface area contributed by atoms with E-state index in [-0.39, 0.29) is 6.04 Å². The van der Waals surface area contributed by atoms with Crippen LogP contribution in [0.3, 0.4) is 0 Å². The van der Waals surface area contributed by atoms with E-state index in [1.54, 1.807) is 4.31 Å². The third-order valence-electron chi connectivity index (χ3n) is 3.88. The summed E-state index contributed by atoms with van der Waals surface area (Å²) in [6, 6.07) is 3.98. The lowest BCUT2D eigenvalue weighted by Crippen LogP contribution is -2.41. The maximum Gasteiger partial charge on any atom is 0.211 e. The average Bonchev–Trinajstić information content (AvgIpc) is 3.15. The molecular formula is C15H27N5O2S. The molecule has 1 aromatic heterocycles. The average molecular weight is 341 g/mol. The number of hydrogen-bond donors (Lipinski definition) is 2. The van der Waals surface area contributed by atoms with E-state index in [2.05, 4.69) is 20.2 Å². The minimum absolute atomic E-state index is 0.0232. The van der Waals surface area contributed by atoms with Crippen LogP contribution >= 0.6 is 0 Å². The molecule has 130 valence electrons. The second kappa shape index (κ2) is 8.35. The molecule has 0 unspecified atom stereocenters. The molecule has 1 atom stereocenters. The molecule has 0 saturated carbocycles. The van der Waals surface area contributed by atoms with Gasteiger partial charge in [0.15, 0.2) is 5.96 Å². The van der Waals surface area contributed by atoms with Crippen LogP contribution in [0.15, 0.2) is 29.5 Å². The summed E-state index contributed by atoms with van der Waals surface area (Å²) in [5.74, 6) is 0.736. The van der Waals surface area contributed by atoms with Gasteiger partial charge in [-0.3, -0.25) is 4.99 Å². The molecule has 0 aliphatic carbocycles. The summed E-state index contributed by atoms with van der Waals surface area (Å²) in [5.41, 5.74) is 0. The van der Waals surface area contributed by atoms with Gasteiger partial charge in [0.2, 0.25) is 10.0 Å². The van der Waals surface area contributed by atoms with Crippen molar-refractivity contribution in [1.82, 2.24) is 19.5 Å². The third kappa shape index (κ3) is 5.54. The van der Waals surface area contributed by atoms with E-state index in [4.69, 9.17) is 0 Å². The molecule has 0 bridgehead atoms. The first-order valence-electron chi connectivity index (χ1n) is 8.10. The summed E-state index contributed by atoms with van der Waals surface area (Å²) in [5, 5.41) is 6.49. The molecule has 1 aromatic rings. The number of guanidine groups is 1. The van der Waals surface area contributed by atoms with Crippen molar-refractivity contribution in [3.8, 4) is 0 Å². The van der Waals surface area contributed by atoms with Crippen molar-refractivity contribution in [2.45, 2.75) is 32.4 Å². The zero-order chi connectivity index (χ0) is 16.7. The molecule has 0 spiro atoms. The van der Waals surface area contributed by atoms with Gasteiger partial charge in [0, 0.05) is 44.6 Å². The number of nitrogens with one attached hydrogen (secondary N) is 2. The van der Waals surface area contributed by atoms with Gasteiger partial charge in [0.05, 0.1) is 12.8 Å². The fraction of sp³-hybridized carbons (Fsp3) is 0.667. The lowest BCUT2D eigenvalue weighted by Gasteiger charge is -2.21. The summed E-state index contributed by atoms with van der Waals surface area (Å²) in [7, 11) is -3.14. The summed E-state index contributed by atoms with van der Waals surface area (Å²) in [4.78, 5) is 4.56. The van der Waals surface area contributed by atoms with Crippen molar-refractivity contribution in [3.63, 3.8) is 0 Å². The molecule has 1 fully saturated rings. The van der Waals surface area contributed by atoms with Crippen LogP contribution in [0.2, 0.25) is 0 Å². The van der Waals surface area contributed by atoms with Gasteiger partial charge < -0.3 is 15.2 Å². The standard InChI is InChI=1S/C15H27N5O2S/c1-3-16-15(17-8-12-19-9-4-5-10-19)18-13-14-7-6-11-20(14)23(2,21)22/h4-5,9-10,14H,3,6-8,11-13H2,1-2H3,(H2,16,17,18)/t14-/m1/s1. The SMILES string of the molecule is CCNC(=NC[C@H]1CCCN1S(C)(=O)=O)NCCn1cccc1. The van der Waals surface area contributed by atoms with E-state index in [0.717, 1.165) is 38.4 Å². The number of sulfonamides is 1. The molecule has 8 heteroatoms. The Morgan fingerprint density at radius 3 is 2.70 bits per heavy atom. The molecule has 2 N–H and O–H groups in total. The minimum Gasteiger partial charge on any atom is -0.357 e. The fourth-order valence-electron chi connectivity index (χ4n) is 2.79. The highest BCUT2D eigenvalue weighted by Crippen LogP contribution is 2.20. The summed E-state index contributed by atoms with van der Waals surface area (Å²) in [6.07, 6.45) is 7.10. The van der Waals surface area contributed by atoms with Crippen LogP contribution in [0, 0.1) is 0 Å². The van der Waals surface area contributed by atoms with Crippen molar-refractivity contribution < 1.29 is 8.42 Å². The first-order chi connectivity index (χ1) is 11.0. The molecule has 0 aromatic carbocycles. The highest BCUT2D eigenvalue weighted by atomic mass is 32.2. The van der Waals surface area contributed by atoms with E-state index in [1.165, 1.54) is 6.26 Å². The summed E-state index contributed by atoms with van der Waals surface area (Å²) >= 11 is 0. The summed E-state index contributed by atoms with van der Waals surface area (Å²) in [6.45, 7) is 5.51. The molecule has 0 radical (unpaired) electrons. The zero-order valence-corrected chi connectivity index (χ0v) is 14.7. The van der Waals surface area contributed by atoms with Crippen LogP contribution in [-0.4, -0.2) is 61.7 Å². The number of rotatable bonds is 7. The highest BCUT2D eigenvalue weighted by Gasteiger charge is 2.31. The number of nitrogens with zero attached hydrogens (tertiary/aromatic N) is 3. The molecular weight excluding hydrogens is 314 g/mol. The first-order valence-corrected chi connectivity index (χ1v) is 9.95. The molecule has 1 aliphatic heterocycles. The van der Waals surface area contributed by atoms with Crippen molar-refractivity contribution >= 4 is 16.0 Å². The Bertz CT molecular complexity index is 597. The van der Waals surface area contributed by atoms with Gasteiger partial charge in [-0.1, -0.05) is 0 Å². The Morgan fingerprint density at radius 1 is 1.30 bits per heavy atom. The lowest BCUT2D eigenvalue weighted by molar-refractivity contribution is 0.396. The van der Waals surface area contributed by atoms with Gasteiger partial charge in [0.1, 0.15) is 0 Å². The van der Waals surface area contributed by atoms with Crippen LogP contribution in [-0.2, 0) is 16.6 Å². The van der Waals surface area contributed by atoms with Crippen molar-refractivity contribution in [3.05, 3.63) is 24.5 Å². The Hall–Kier alpha value is -1.54. The van der Waals surface area contributed by atoms with Gasteiger partial charge in [-0.05, 0) is 31.9 Å². The van der Waals surface area contributed by atoms with Crippen LogP contribution in [0.25, 0.3) is 0 Å². The molecule has 0 amide bonds. The number of hydrogen-bond acceptors (Lipinski definition) is 3. The predicted molar refractivity (Wildman–Crippen MR) is 93.0 cm³/mol. The van der Waals surface area contributed by atoms with Crippen molar-refractivity contribution in [1.29, 1.82) is 0 Å². The number of aliphatic imine (C=N–C) groups is 1. The maximum absolute atomic E-state index is 11.8. The van der Waals surface area contributed by atoms with Gasteiger partial charge in [-0.25, -0.2) is 8.42 Å². The van der Waals surface area contributed by atoms with Gasteiger partial charge in [0.25, 0.3) is 0 Å². The van der Waals surface area contributed by atoms with Gasteiger partial charge in [-0.15, -0.1) is 0 Å². The normalized spacial score (nSPS) is 19.9. The lowest BCUT2D eigenvalue weighted by atomic mass is 10.2. The molecule has 1 aliphatic rings. The Balaban J connectivity index is 1.87. The van der Waals surface area contributed by atoms with Gasteiger partial charge >= 0.3 is 0 Å². The quantitative estimate of drug-likeness (QED) is 0.558. The largest absolute Gasteiger partial charge is 0.357 e. The predicted octanol–water partition coefficient (Wildman–Crippen LogP) is 0.467. The van der Waals surface area contributed by atoms with Gasteiger partial charge in [-0.2, -0.15) is 4.31 Å². The van der Waals surface area contributed by atoms with Crippen LogP contribution in [0.4, 0.5) is 0 Å². The first kappa shape index (κ1) is 17.8. The third-order valence-corrected chi connectivity index (χ3v) is 5.21. The van der Waals surface area contributed by atoms with Crippen LogP contribution in [0.5, 0.6) is 0 Å². The molecule has 1 saturated heterocycles. The van der Waals surface area contributed by atoms with E-state index < -0.39 is 10.0 Å². The summed E-state index contributed by atoms with van der Waals surface area (Å²) < 4.78 is 27.2. The fourth-order valence-corrected chi connectivity index (χ4v) is 3.96. The van der Waals surface area contributed by atoms with Crippen molar-refractivity contribution in [2.75, 3.05) is 32.4 Å². The van der Waals surface area contributed by atoms with Crippen LogP contribution < -0.4 is 10.6 Å². The molecule has 2 rings (SSSR count). The van der Waals surface area contributed by atoms with Crippen molar-refractivity contribution in [2.24, 2.45) is 4.99 Å². The van der Waals surface area contributed by atoms with E-state index in [1.807, 2.05) is 31.5 Å². The van der Waals surface area contributed by atoms with E-state index in [9.17, 15) is 8.42 Å². The molecule has 7 nitrogen and oxygen atoms in total. The Labute approximate surface area is 138 Å². The highest BCUT2D eigenvalue weighted by molar-refractivity contribution is 7.88. The Kier molecular flexibility index (Phi) is 6.47. The van der Waals surface area contributed by atoms with Crippen LogP contribution in [0.1, 0.15) is 19.8 Å². The van der Waals surface area contributed by atoms with E-state index >= 15 is 0 Å². The molecule has 2 heterocycles. The smallest absolute Gasteiger partial charge is 0.211 e. The zero-order valence-electron chi connectivity index (χ0n) is 13.9. The minimum atomic E-state index is -3.14. The van der Waals surface area contributed by atoms with E-state index in [0.29, 0.717) is 13.1 Å². The second-order valence-corrected chi connectivity index (χ2v) is 7.67. The Morgan fingerprint density at radius 2 is 2.04 bits per heavy atom. The second-order valence-electron chi connectivity index (χ2n) is 5.74. The topological polar surface area (TPSA) is 78.7 Å². The number of aromatic nitrogens is 1.